The van der Waals surface area contributed by atoms with E-state index in [1.165, 1.54) is 17.3 Å². The zero-order valence-electron chi connectivity index (χ0n) is 16.8. The highest BCUT2D eigenvalue weighted by Crippen LogP contribution is 2.33. The van der Waals surface area contributed by atoms with Crippen LogP contribution in [0.2, 0.25) is 10.0 Å². The smallest absolute Gasteiger partial charge is 0.340 e. The number of benzene rings is 2. The van der Waals surface area contributed by atoms with Gasteiger partial charge < -0.3 is 9.15 Å². The molecule has 4 rings (SSSR count). The Hall–Kier alpha value is -3.69. The molecule has 0 saturated carbocycles. The lowest BCUT2D eigenvalue weighted by atomic mass is 10.0. The van der Waals surface area contributed by atoms with Crippen LogP contribution in [-0.4, -0.2) is 34.1 Å². The maximum atomic E-state index is 12.9. The molecule has 0 N–H and O–H groups in total. The Morgan fingerprint density at radius 2 is 1.94 bits per heavy atom. The van der Waals surface area contributed by atoms with Gasteiger partial charge >= 0.3 is 5.97 Å². The number of rotatable bonds is 6. The van der Waals surface area contributed by atoms with E-state index in [9.17, 15) is 19.7 Å². The second kappa shape index (κ2) is 9.43. The van der Waals surface area contributed by atoms with Gasteiger partial charge in [-0.25, -0.2) is 9.80 Å². The molecule has 0 fully saturated rings. The van der Waals surface area contributed by atoms with Gasteiger partial charge in [0, 0.05) is 23.6 Å². The first kappa shape index (κ1) is 22.5. The molecular formula is C22H15Cl2N3O6. The summed E-state index contributed by atoms with van der Waals surface area (Å²) in [6.07, 6.45) is 1.89. The standard InChI is InChI=1S/C22H15Cl2N3O6/c23-14-5-3-13(4-6-14)18-11-19(20-2-1-9-32-20)26(25-18)21(28)12-33-22(29)16-8-7-15(27(30)31)10-17(16)24/h1-10,19H,11-12H2. The zero-order chi connectivity index (χ0) is 23.5. The maximum Gasteiger partial charge on any atom is 0.340 e. The molecule has 1 aromatic heterocycles. The highest BCUT2D eigenvalue weighted by atomic mass is 35.5. The summed E-state index contributed by atoms with van der Waals surface area (Å²) < 4.78 is 10.6. The van der Waals surface area contributed by atoms with Crippen LogP contribution in [0.5, 0.6) is 0 Å². The molecule has 0 saturated heterocycles. The molecule has 2 heterocycles. The third kappa shape index (κ3) is 4.89. The van der Waals surface area contributed by atoms with Crippen molar-refractivity contribution in [2.75, 3.05) is 6.61 Å². The van der Waals surface area contributed by atoms with Gasteiger partial charge in [0.2, 0.25) is 0 Å². The lowest BCUT2D eigenvalue weighted by Gasteiger charge is -2.19. The normalized spacial score (nSPS) is 15.3. The molecule has 1 aliphatic rings. The van der Waals surface area contributed by atoms with E-state index in [0.717, 1.165) is 17.7 Å². The average molecular weight is 488 g/mol. The largest absolute Gasteiger partial charge is 0.467 e. The summed E-state index contributed by atoms with van der Waals surface area (Å²) in [5, 5.41) is 16.9. The van der Waals surface area contributed by atoms with E-state index in [4.69, 9.17) is 32.4 Å². The number of amides is 1. The summed E-state index contributed by atoms with van der Waals surface area (Å²) in [5.41, 5.74) is 1.08. The highest BCUT2D eigenvalue weighted by molar-refractivity contribution is 6.33. The number of nitro groups is 1. The van der Waals surface area contributed by atoms with Gasteiger partial charge in [-0.05, 0) is 35.9 Å². The fourth-order valence-corrected chi connectivity index (χ4v) is 3.69. The second-order valence-corrected chi connectivity index (χ2v) is 7.87. The summed E-state index contributed by atoms with van der Waals surface area (Å²) >= 11 is 11.9. The van der Waals surface area contributed by atoms with Crippen molar-refractivity contribution in [1.29, 1.82) is 0 Å². The van der Waals surface area contributed by atoms with Crippen molar-refractivity contribution in [3.05, 3.63) is 97.9 Å². The highest BCUT2D eigenvalue weighted by Gasteiger charge is 2.35. The monoisotopic (exact) mass is 487 g/mol. The first-order valence-corrected chi connectivity index (χ1v) is 10.4. The molecule has 11 heteroatoms. The predicted molar refractivity (Wildman–Crippen MR) is 119 cm³/mol. The van der Waals surface area contributed by atoms with Crippen LogP contribution in [0, 0.1) is 10.1 Å². The van der Waals surface area contributed by atoms with Gasteiger partial charge in [-0.1, -0.05) is 35.3 Å². The summed E-state index contributed by atoms with van der Waals surface area (Å²) in [4.78, 5) is 35.5. The lowest BCUT2D eigenvalue weighted by molar-refractivity contribution is -0.384. The molecule has 0 bridgehead atoms. The SMILES string of the molecule is O=C(OCC(=O)N1N=C(c2ccc(Cl)cc2)CC1c1ccco1)c1ccc([N+](=O)[O-])cc1Cl. The predicted octanol–water partition coefficient (Wildman–Crippen LogP) is 5.03. The van der Waals surface area contributed by atoms with Crippen molar-refractivity contribution >= 4 is 46.5 Å². The molecule has 168 valence electrons. The molecule has 0 aliphatic carbocycles. The van der Waals surface area contributed by atoms with Crippen molar-refractivity contribution in [1.82, 2.24) is 5.01 Å². The summed E-state index contributed by atoms with van der Waals surface area (Å²) in [6, 6.07) is 13.3. The van der Waals surface area contributed by atoms with Crippen molar-refractivity contribution < 1.29 is 23.7 Å². The number of hydrogen-bond acceptors (Lipinski definition) is 7. The fourth-order valence-electron chi connectivity index (χ4n) is 3.31. The number of ether oxygens (including phenoxy) is 1. The Morgan fingerprint density at radius 1 is 1.18 bits per heavy atom. The summed E-state index contributed by atoms with van der Waals surface area (Å²) in [7, 11) is 0. The summed E-state index contributed by atoms with van der Waals surface area (Å²) in [5.74, 6) is -0.938. The van der Waals surface area contributed by atoms with Crippen LogP contribution in [-0.2, 0) is 9.53 Å². The van der Waals surface area contributed by atoms with Crippen molar-refractivity contribution in [2.45, 2.75) is 12.5 Å². The van der Waals surface area contributed by atoms with Crippen molar-refractivity contribution in [3.8, 4) is 0 Å². The topological polar surface area (TPSA) is 115 Å². The van der Waals surface area contributed by atoms with E-state index in [2.05, 4.69) is 5.10 Å². The average Bonchev–Trinajstić information content (AvgIpc) is 3.47. The molecule has 33 heavy (non-hydrogen) atoms. The number of nitrogens with zero attached hydrogens (tertiary/aromatic N) is 3. The number of carbonyl (C=O) groups is 2. The third-order valence-corrected chi connectivity index (χ3v) is 5.49. The van der Waals surface area contributed by atoms with Gasteiger partial charge in [-0.15, -0.1) is 0 Å². The van der Waals surface area contributed by atoms with E-state index in [-0.39, 0.29) is 16.3 Å². The first-order chi connectivity index (χ1) is 15.8. The molecule has 0 radical (unpaired) electrons. The number of nitro benzene ring substituents is 1. The number of halogens is 2. The van der Waals surface area contributed by atoms with E-state index < -0.39 is 29.4 Å². The van der Waals surface area contributed by atoms with Gasteiger partial charge in [-0.3, -0.25) is 14.9 Å². The van der Waals surface area contributed by atoms with E-state index in [1.807, 2.05) is 0 Å². The lowest BCUT2D eigenvalue weighted by Crippen LogP contribution is -2.31. The van der Waals surface area contributed by atoms with Crippen molar-refractivity contribution in [2.24, 2.45) is 5.10 Å². The minimum absolute atomic E-state index is 0.0931. The van der Waals surface area contributed by atoms with Crippen LogP contribution >= 0.6 is 23.2 Å². The fraction of sp³-hybridized carbons (Fsp3) is 0.136. The van der Waals surface area contributed by atoms with Crippen LogP contribution in [0.25, 0.3) is 0 Å². The van der Waals surface area contributed by atoms with Crippen molar-refractivity contribution in [3.63, 3.8) is 0 Å². The maximum absolute atomic E-state index is 12.9. The molecule has 1 atom stereocenters. The quantitative estimate of drug-likeness (QED) is 0.273. The van der Waals surface area contributed by atoms with Crippen LogP contribution in [0.4, 0.5) is 5.69 Å². The molecule has 3 aromatic rings. The van der Waals surface area contributed by atoms with Crippen LogP contribution in [0.1, 0.15) is 34.1 Å². The number of esters is 1. The number of hydrogen-bond donors (Lipinski definition) is 0. The number of non-ortho nitro benzene ring substituents is 1. The molecular weight excluding hydrogens is 473 g/mol. The minimum atomic E-state index is -0.890. The third-order valence-electron chi connectivity index (χ3n) is 4.93. The molecule has 1 unspecified atom stereocenters. The Kier molecular flexibility index (Phi) is 6.43. The Labute approximate surface area is 197 Å². The molecule has 9 nitrogen and oxygen atoms in total. The van der Waals surface area contributed by atoms with Gasteiger partial charge in [0.15, 0.2) is 6.61 Å². The van der Waals surface area contributed by atoms with Gasteiger partial charge in [0.05, 0.1) is 27.5 Å². The van der Waals surface area contributed by atoms with E-state index >= 15 is 0 Å². The molecule has 1 aliphatic heterocycles. The van der Waals surface area contributed by atoms with Gasteiger partial charge in [0.25, 0.3) is 11.6 Å². The number of furan rings is 1. The van der Waals surface area contributed by atoms with E-state index in [1.54, 1.807) is 36.4 Å². The first-order valence-electron chi connectivity index (χ1n) is 9.63. The van der Waals surface area contributed by atoms with Gasteiger partial charge in [-0.2, -0.15) is 5.10 Å². The van der Waals surface area contributed by atoms with Crippen LogP contribution in [0.3, 0.4) is 0 Å². The molecule has 2 aromatic carbocycles. The summed E-state index contributed by atoms with van der Waals surface area (Å²) in [6.45, 7) is -0.610. The number of carbonyl (C=O) groups excluding carboxylic acids is 2. The number of hydrazone groups is 1. The van der Waals surface area contributed by atoms with Crippen LogP contribution < -0.4 is 0 Å². The van der Waals surface area contributed by atoms with Crippen LogP contribution in [0.15, 0.2) is 70.4 Å². The van der Waals surface area contributed by atoms with E-state index in [0.29, 0.717) is 22.9 Å². The zero-order valence-corrected chi connectivity index (χ0v) is 18.3. The Balaban J connectivity index is 1.50. The molecule has 1 amide bonds. The Bertz CT molecular complexity index is 1240. The minimum Gasteiger partial charge on any atom is -0.467 e. The Morgan fingerprint density at radius 3 is 2.58 bits per heavy atom. The van der Waals surface area contributed by atoms with Gasteiger partial charge in [0.1, 0.15) is 11.8 Å². The molecule has 0 spiro atoms. The second-order valence-electron chi connectivity index (χ2n) is 7.02.